The van der Waals surface area contributed by atoms with Crippen LogP contribution >= 0.6 is 15.9 Å². The Balaban J connectivity index is 2.66. The first-order valence-electron chi connectivity index (χ1n) is 5.34. The number of aromatic nitrogens is 2. The average molecular weight is 328 g/mol. The van der Waals surface area contributed by atoms with Gasteiger partial charge in [0.2, 0.25) is 0 Å². The van der Waals surface area contributed by atoms with Gasteiger partial charge in [-0.2, -0.15) is 0 Å². The first-order valence-corrected chi connectivity index (χ1v) is 6.13. The number of anilines is 1. The summed E-state index contributed by atoms with van der Waals surface area (Å²) in [5, 5.41) is 0. The van der Waals surface area contributed by atoms with E-state index in [1.807, 2.05) is 0 Å². The van der Waals surface area contributed by atoms with Crippen molar-refractivity contribution in [3.63, 3.8) is 0 Å². The van der Waals surface area contributed by atoms with E-state index in [1.165, 1.54) is 23.8 Å². The van der Waals surface area contributed by atoms with E-state index < -0.39 is 11.8 Å². The number of halogens is 2. The molecule has 0 saturated carbocycles. The summed E-state index contributed by atoms with van der Waals surface area (Å²) in [5.74, 6) is -0.475. The molecular weight excluding hydrogens is 317 g/mol. The first-order chi connectivity index (χ1) is 8.95. The number of carbonyl (C=O) groups excluding carboxylic acids is 1. The molecule has 1 aromatic carbocycles. The number of hydrogen-bond donors (Lipinski definition) is 1. The molecule has 0 aliphatic heterocycles. The average Bonchev–Trinajstić information content (AvgIpc) is 2.67. The highest BCUT2D eigenvalue weighted by molar-refractivity contribution is 9.10. The van der Waals surface area contributed by atoms with Gasteiger partial charge in [0.15, 0.2) is 5.69 Å². The predicted molar refractivity (Wildman–Crippen MR) is 71.7 cm³/mol. The predicted octanol–water partition coefficient (Wildman–Crippen LogP) is 2.45. The Kier molecular flexibility index (Phi) is 3.57. The maximum Gasteiger partial charge on any atom is 0.360 e. The van der Waals surface area contributed by atoms with Crippen LogP contribution < -0.4 is 5.73 Å². The lowest BCUT2D eigenvalue weighted by Gasteiger charge is -2.10. The minimum absolute atomic E-state index is 0.0103. The zero-order valence-corrected chi connectivity index (χ0v) is 11.9. The molecule has 19 heavy (non-hydrogen) atoms. The standard InChI is InChI=1S/C12H11BrFN3O2/c1-6-16-10(12(18)19-2)11(15)17(6)9-5-7(14)3-4-8(9)13/h3-5H,15H2,1-2H3. The summed E-state index contributed by atoms with van der Waals surface area (Å²) in [7, 11) is 1.24. The van der Waals surface area contributed by atoms with Crippen LogP contribution in [0.15, 0.2) is 22.7 Å². The van der Waals surface area contributed by atoms with Crippen LogP contribution in [0, 0.1) is 12.7 Å². The molecule has 7 heteroatoms. The number of ether oxygens (including phenoxy) is 1. The van der Waals surface area contributed by atoms with Gasteiger partial charge in [-0.1, -0.05) is 0 Å². The fourth-order valence-electron chi connectivity index (χ4n) is 1.76. The molecule has 0 fully saturated rings. The van der Waals surface area contributed by atoms with Gasteiger partial charge >= 0.3 is 5.97 Å². The van der Waals surface area contributed by atoms with E-state index in [2.05, 4.69) is 25.7 Å². The molecule has 100 valence electrons. The molecule has 0 saturated heterocycles. The number of rotatable bonds is 2. The van der Waals surface area contributed by atoms with Crippen LogP contribution in [0.4, 0.5) is 10.2 Å². The molecule has 2 N–H and O–H groups in total. The molecule has 0 aliphatic rings. The van der Waals surface area contributed by atoms with Gasteiger partial charge in [-0.15, -0.1) is 0 Å². The number of methoxy groups -OCH3 is 1. The van der Waals surface area contributed by atoms with Crippen LogP contribution in [-0.4, -0.2) is 22.6 Å². The Hall–Kier alpha value is -1.89. The number of benzene rings is 1. The number of hydrogen-bond acceptors (Lipinski definition) is 4. The van der Waals surface area contributed by atoms with Gasteiger partial charge in [0.05, 0.1) is 12.8 Å². The van der Waals surface area contributed by atoms with Crippen LogP contribution in [0.25, 0.3) is 5.69 Å². The van der Waals surface area contributed by atoms with Crippen molar-refractivity contribution >= 4 is 27.7 Å². The van der Waals surface area contributed by atoms with Gasteiger partial charge in [0, 0.05) is 4.47 Å². The second kappa shape index (κ2) is 5.00. The summed E-state index contributed by atoms with van der Waals surface area (Å²) in [6, 6.07) is 4.18. The number of nitrogens with zero attached hydrogens (tertiary/aromatic N) is 2. The Bertz CT molecular complexity index is 655. The Morgan fingerprint density at radius 3 is 2.84 bits per heavy atom. The molecule has 0 unspecified atom stereocenters. The molecule has 0 amide bonds. The number of aryl methyl sites for hydroxylation is 1. The number of esters is 1. The monoisotopic (exact) mass is 327 g/mol. The summed E-state index contributed by atoms with van der Waals surface area (Å²) in [6.07, 6.45) is 0. The number of imidazole rings is 1. The Labute approximate surface area is 117 Å². The molecule has 1 aromatic heterocycles. The van der Waals surface area contributed by atoms with Crippen molar-refractivity contribution < 1.29 is 13.9 Å². The van der Waals surface area contributed by atoms with Crippen molar-refractivity contribution in [1.82, 2.24) is 9.55 Å². The second-order valence-electron chi connectivity index (χ2n) is 3.82. The number of nitrogen functional groups attached to an aromatic ring is 1. The van der Waals surface area contributed by atoms with Crippen LogP contribution in [0.1, 0.15) is 16.3 Å². The van der Waals surface area contributed by atoms with E-state index in [0.717, 1.165) is 0 Å². The third kappa shape index (κ3) is 2.33. The van der Waals surface area contributed by atoms with E-state index in [4.69, 9.17) is 5.73 Å². The van der Waals surface area contributed by atoms with Crippen LogP contribution in [-0.2, 0) is 4.74 Å². The fourth-order valence-corrected chi connectivity index (χ4v) is 2.18. The van der Waals surface area contributed by atoms with Crippen molar-refractivity contribution in [1.29, 1.82) is 0 Å². The van der Waals surface area contributed by atoms with Gasteiger partial charge in [0.25, 0.3) is 0 Å². The van der Waals surface area contributed by atoms with Gasteiger partial charge in [-0.3, -0.25) is 4.57 Å². The molecule has 0 bridgehead atoms. The van der Waals surface area contributed by atoms with Crippen LogP contribution in [0.5, 0.6) is 0 Å². The quantitative estimate of drug-likeness (QED) is 0.860. The lowest BCUT2D eigenvalue weighted by atomic mass is 10.3. The first kappa shape index (κ1) is 13.5. The van der Waals surface area contributed by atoms with E-state index in [9.17, 15) is 9.18 Å². The molecule has 0 aliphatic carbocycles. The largest absolute Gasteiger partial charge is 0.464 e. The molecule has 0 spiro atoms. The highest BCUT2D eigenvalue weighted by Gasteiger charge is 2.21. The van der Waals surface area contributed by atoms with Crippen LogP contribution in [0.3, 0.4) is 0 Å². The normalized spacial score (nSPS) is 10.5. The highest BCUT2D eigenvalue weighted by Crippen LogP contribution is 2.27. The van der Waals surface area contributed by atoms with Crippen molar-refractivity contribution in [2.24, 2.45) is 0 Å². The SMILES string of the molecule is COC(=O)c1nc(C)n(-c2cc(F)ccc2Br)c1N. The van der Waals surface area contributed by atoms with Gasteiger partial charge in [-0.25, -0.2) is 14.2 Å². The summed E-state index contributed by atoms with van der Waals surface area (Å²) in [5.41, 5.74) is 6.37. The second-order valence-corrected chi connectivity index (χ2v) is 4.67. The fraction of sp³-hybridized carbons (Fsp3) is 0.167. The van der Waals surface area contributed by atoms with Crippen molar-refractivity contribution in [2.75, 3.05) is 12.8 Å². The third-order valence-corrected chi connectivity index (χ3v) is 3.28. The van der Waals surface area contributed by atoms with E-state index in [-0.39, 0.29) is 11.5 Å². The lowest BCUT2D eigenvalue weighted by Crippen LogP contribution is -2.08. The molecule has 0 radical (unpaired) electrons. The summed E-state index contributed by atoms with van der Waals surface area (Å²) < 4.78 is 20.1. The zero-order valence-electron chi connectivity index (χ0n) is 10.3. The van der Waals surface area contributed by atoms with E-state index in [0.29, 0.717) is 16.0 Å². The van der Waals surface area contributed by atoms with E-state index >= 15 is 0 Å². The minimum Gasteiger partial charge on any atom is -0.464 e. The smallest absolute Gasteiger partial charge is 0.360 e. The van der Waals surface area contributed by atoms with Crippen molar-refractivity contribution in [3.05, 3.63) is 40.0 Å². The maximum atomic E-state index is 13.3. The van der Waals surface area contributed by atoms with E-state index in [1.54, 1.807) is 13.0 Å². The molecular formula is C12H11BrFN3O2. The maximum absolute atomic E-state index is 13.3. The van der Waals surface area contributed by atoms with Crippen molar-refractivity contribution in [3.8, 4) is 5.69 Å². The topological polar surface area (TPSA) is 70.1 Å². The molecule has 2 rings (SSSR count). The third-order valence-electron chi connectivity index (χ3n) is 2.61. The van der Waals surface area contributed by atoms with Gasteiger partial charge in [-0.05, 0) is 41.1 Å². The molecule has 2 aromatic rings. The molecule has 1 heterocycles. The summed E-state index contributed by atoms with van der Waals surface area (Å²) >= 11 is 3.31. The lowest BCUT2D eigenvalue weighted by molar-refractivity contribution is 0.0596. The number of nitrogens with two attached hydrogens (primary N) is 1. The minimum atomic E-state index is -0.633. The molecule has 0 atom stereocenters. The number of carbonyl (C=O) groups is 1. The molecule has 5 nitrogen and oxygen atoms in total. The van der Waals surface area contributed by atoms with Gasteiger partial charge in [0.1, 0.15) is 17.5 Å². The summed E-state index contributed by atoms with van der Waals surface area (Å²) in [4.78, 5) is 15.6. The summed E-state index contributed by atoms with van der Waals surface area (Å²) in [6.45, 7) is 1.67. The van der Waals surface area contributed by atoms with Crippen LogP contribution in [0.2, 0.25) is 0 Å². The Morgan fingerprint density at radius 2 is 2.21 bits per heavy atom. The highest BCUT2D eigenvalue weighted by atomic mass is 79.9. The Morgan fingerprint density at radius 1 is 1.53 bits per heavy atom. The van der Waals surface area contributed by atoms with Crippen molar-refractivity contribution in [2.45, 2.75) is 6.92 Å². The zero-order chi connectivity index (χ0) is 14.2. The van der Waals surface area contributed by atoms with Gasteiger partial charge < -0.3 is 10.5 Å².